The summed E-state index contributed by atoms with van der Waals surface area (Å²) in [4.78, 5) is 9.79. The first-order chi connectivity index (χ1) is 11.6. The van der Waals surface area contributed by atoms with Gasteiger partial charge in [0.1, 0.15) is 11.9 Å². The lowest BCUT2D eigenvalue weighted by Gasteiger charge is -2.16. The van der Waals surface area contributed by atoms with E-state index in [4.69, 9.17) is 9.57 Å². The van der Waals surface area contributed by atoms with E-state index in [1.807, 2.05) is 17.8 Å². The van der Waals surface area contributed by atoms with Crippen LogP contribution in [0.2, 0.25) is 0 Å². The Morgan fingerprint density at radius 2 is 2.33 bits per heavy atom. The standard InChI is InChI=1S/C17H21FN4O2/c1-11(17-19-6-7-22(17)2)20-10-13-9-15(21-24-13)12-4-5-16(23-3)14(18)8-12/h4-8,11,13,20H,9-10H2,1-3H3. The lowest BCUT2D eigenvalue weighted by molar-refractivity contribution is 0.0828. The van der Waals surface area contributed by atoms with Gasteiger partial charge < -0.3 is 19.5 Å². The number of benzene rings is 1. The van der Waals surface area contributed by atoms with Gasteiger partial charge in [-0.15, -0.1) is 0 Å². The van der Waals surface area contributed by atoms with E-state index in [1.165, 1.54) is 13.2 Å². The molecule has 1 aromatic heterocycles. The highest BCUT2D eigenvalue weighted by Gasteiger charge is 2.24. The second kappa shape index (κ2) is 7.00. The zero-order chi connectivity index (χ0) is 17.1. The molecule has 0 saturated carbocycles. The number of aryl methyl sites for hydroxylation is 1. The molecular weight excluding hydrogens is 311 g/mol. The van der Waals surface area contributed by atoms with E-state index in [0.717, 1.165) is 11.5 Å². The molecule has 6 nitrogen and oxygen atoms in total. The molecule has 2 atom stereocenters. The minimum Gasteiger partial charge on any atom is -0.494 e. The Morgan fingerprint density at radius 3 is 3.00 bits per heavy atom. The van der Waals surface area contributed by atoms with Gasteiger partial charge in [0.2, 0.25) is 0 Å². The topological polar surface area (TPSA) is 60.7 Å². The second-order valence-electron chi connectivity index (χ2n) is 5.85. The molecule has 0 radical (unpaired) electrons. The minimum absolute atomic E-state index is 0.0760. The molecule has 24 heavy (non-hydrogen) atoms. The highest BCUT2D eigenvalue weighted by molar-refractivity contribution is 6.01. The van der Waals surface area contributed by atoms with Gasteiger partial charge in [-0.1, -0.05) is 5.16 Å². The summed E-state index contributed by atoms with van der Waals surface area (Å²) in [7, 11) is 3.41. The van der Waals surface area contributed by atoms with Crippen molar-refractivity contribution in [2.75, 3.05) is 13.7 Å². The van der Waals surface area contributed by atoms with E-state index in [2.05, 4.69) is 22.4 Å². The predicted octanol–water partition coefficient (Wildman–Crippen LogP) is 2.41. The number of imidazole rings is 1. The quantitative estimate of drug-likeness (QED) is 0.882. The minimum atomic E-state index is -0.400. The molecule has 1 aliphatic rings. The summed E-state index contributed by atoms with van der Waals surface area (Å²) in [6, 6.07) is 4.92. The van der Waals surface area contributed by atoms with Crippen molar-refractivity contribution >= 4 is 5.71 Å². The van der Waals surface area contributed by atoms with Crippen LogP contribution in [0.15, 0.2) is 35.7 Å². The van der Waals surface area contributed by atoms with Gasteiger partial charge in [0, 0.05) is 38.0 Å². The number of aromatic nitrogens is 2. The molecule has 128 valence electrons. The first-order valence-corrected chi connectivity index (χ1v) is 7.85. The Labute approximate surface area is 140 Å². The molecule has 2 unspecified atom stereocenters. The number of hydrogen-bond acceptors (Lipinski definition) is 5. The Balaban J connectivity index is 1.55. The zero-order valence-electron chi connectivity index (χ0n) is 14.0. The van der Waals surface area contributed by atoms with Crippen LogP contribution in [0, 0.1) is 5.82 Å². The predicted molar refractivity (Wildman–Crippen MR) is 88.6 cm³/mol. The molecule has 1 aliphatic heterocycles. The number of oxime groups is 1. The smallest absolute Gasteiger partial charge is 0.165 e. The Morgan fingerprint density at radius 1 is 1.50 bits per heavy atom. The van der Waals surface area contributed by atoms with Crippen LogP contribution in [0.3, 0.4) is 0 Å². The van der Waals surface area contributed by atoms with Gasteiger partial charge in [0.25, 0.3) is 0 Å². The lowest BCUT2D eigenvalue weighted by atomic mass is 10.0. The summed E-state index contributed by atoms with van der Waals surface area (Å²) in [6.45, 7) is 2.69. The molecule has 0 fully saturated rings. The van der Waals surface area contributed by atoms with E-state index in [0.29, 0.717) is 18.5 Å². The molecule has 1 N–H and O–H groups in total. The summed E-state index contributed by atoms with van der Waals surface area (Å²) in [5, 5.41) is 7.48. The molecule has 0 saturated heterocycles. The molecule has 0 amide bonds. The van der Waals surface area contributed by atoms with E-state index in [1.54, 1.807) is 18.3 Å². The molecule has 2 aromatic rings. The van der Waals surface area contributed by atoms with Crippen LogP contribution in [0.1, 0.15) is 30.8 Å². The number of rotatable bonds is 6. The maximum Gasteiger partial charge on any atom is 0.165 e. The van der Waals surface area contributed by atoms with Gasteiger partial charge in [-0.25, -0.2) is 9.37 Å². The molecule has 0 spiro atoms. The van der Waals surface area contributed by atoms with Gasteiger partial charge in [-0.05, 0) is 25.1 Å². The molecule has 0 bridgehead atoms. The molecule has 2 heterocycles. The molecule has 0 aliphatic carbocycles. The number of halogens is 1. The second-order valence-corrected chi connectivity index (χ2v) is 5.85. The summed E-state index contributed by atoms with van der Waals surface area (Å²) < 4.78 is 20.7. The molecular formula is C17H21FN4O2. The van der Waals surface area contributed by atoms with Crippen molar-refractivity contribution in [2.45, 2.75) is 25.5 Å². The van der Waals surface area contributed by atoms with Crippen LogP contribution in [-0.2, 0) is 11.9 Å². The van der Waals surface area contributed by atoms with Crippen LogP contribution in [0.5, 0.6) is 5.75 Å². The third-order valence-electron chi connectivity index (χ3n) is 4.12. The largest absolute Gasteiger partial charge is 0.494 e. The van der Waals surface area contributed by atoms with Gasteiger partial charge in [-0.2, -0.15) is 0 Å². The number of ether oxygens (including phenoxy) is 1. The zero-order valence-corrected chi connectivity index (χ0v) is 14.0. The average Bonchev–Trinajstić information content (AvgIpc) is 3.21. The van der Waals surface area contributed by atoms with Crippen molar-refractivity contribution in [2.24, 2.45) is 12.2 Å². The monoisotopic (exact) mass is 332 g/mol. The molecule has 1 aromatic carbocycles. The third kappa shape index (κ3) is 3.41. The lowest BCUT2D eigenvalue weighted by Crippen LogP contribution is -2.30. The van der Waals surface area contributed by atoms with Crippen LogP contribution in [0.4, 0.5) is 4.39 Å². The van der Waals surface area contributed by atoms with Crippen molar-refractivity contribution in [3.05, 3.63) is 47.8 Å². The van der Waals surface area contributed by atoms with Gasteiger partial charge in [0.15, 0.2) is 11.6 Å². The van der Waals surface area contributed by atoms with Gasteiger partial charge >= 0.3 is 0 Å². The number of nitrogens with one attached hydrogen (secondary N) is 1. The molecule has 3 rings (SSSR count). The fraction of sp³-hybridized carbons (Fsp3) is 0.412. The number of nitrogens with zero attached hydrogens (tertiary/aromatic N) is 3. The summed E-state index contributed by atoms with van der Waals surface area (Å²) >= 11 is 0. The summed E-state index contributed by atoms with van der Waals surface area (Å²) in [6.07, 6.45) is 4.25. The van der Waals surface area contributed by atoms with Crippen LogP contribution >= 0.6 is 0 Å². The number of methoxy groups -OCH3 is 1. The van der Waals surface area contributed by atoms with Crippen LogP contribution in [0.25, 0.3) is 0 Å². The maximum absolute atomic E-state index is 13.8. The highest BCUT2D eigenvalue weighted by atomic mass is 19.1. The third-order valence-corrected chi connectivity index (χ3v) is 4.12. The van der Waals surface area contributed by atoms with Gasteiger partial charge in [0.05, 0.1) is 18.9 Å². The fourth-order valence-electron chi connectivity index (χ4n) is 2.75. The fourth-order valence-corrected chi connectivity index (χ4v) is 2.75. The normalized spacial score (nSPS) is 18.2. The summed E-state index contributed by atoms with van der Waals surface area (Å²) in [5.41, 5.74) is 1.46. The van der Waals surface area contributed by atoms with E-state index in [-0.39, 0.29) is 17.9 Å². The van der Waals surface area contributed by atoms with Crippen LogP contribution < -0.4 is 10.1 Å². The Hall–Kier alpha value is -2.41. The van der Waals surface area contributed by atoms with E-state index >= 15 is 0 Å². The Bertz CT molecular complexity index is 744. The van der Waals surface area contributed by atoms with Gasteiger partial charge in [-0.3, -0.25) is 0 Å². The van der Waals surface area contributed by atoms with Crippen molar-refractivity contribution < 1.29 is 14.0 Å². The number of hydrogen-bond donors (Lipinski definition) is 1. The maximum atomic E-state index is 13.8. The van der Waals surface area contributed by atoms with Crippen LogP contribution in [-0.4, -0.2) is 35.0 Å². The van der Waals surface area contributed by atoms with E-state index in [9.17, 15) is 4.39 Å². The highest BCUT2D eigenvalue weighted by Crippen LogP contribution is 2.22. The summed E-state index contributed by atoms with van der Waals surface area (Å²) in [5.74, 6) is 0.786. The SMILES string of the molecule is COc1ccc(C2=NOC(CNC(C)c3nccn3C)C2)cc1F. The van der Waals surface area contributed by atoms with E-state index < -0.39 is 5.82 Å². The van der Waals surface area contributed by atoms with Crippen molar-refractivity contribution in [3.63, 3.8) is 0 Å². The molecule has 7 heteroatoms. The first kappa shape index (κ1) is 16.4. The average molecular weight is 332 g/mol. The van der Waals surface area contributed by atoms with Crippen molar-refractivity contribution in [3.8, 4) is 5.75 Å². The first-order valence-electron chi connectivity index (χ1n) is 7.85. The van der Waals surface area contributed by atoms with Crippen molar-refractivity contribution in [1.29, 1.82) is 0 Å². The Kier molecular flexibility index (Phi) is 4.80. The van der Waals surface area contributed by atoms with Crippen molar-refractivity contribution in [1.82, 2.24) is 14.9 Å².